The van der Waals surface area contributed by atoms with Crippen molar-refractivity contribution >= 4 is 39.5 Å². The predicted octanol–water partition coefficient (Wildman–Crippen LogP) is 26.6. The zero-order valence-electron chi connectivity index (χ0n) is 69.7. The molecule has 630 valence electrons. The Bertz CT molecular complexity index is 2030. The molecule has 0 saturated heterocycles. The quantitative estimate of drug-likeness (QED) is 0.0222. The Balaban J connectivity index is 5.23. The molecule has 0 aliphatic carbocycles. The van der Waals surface area contributed by atoms with Crippen LogP contribution in [0, 0.1) is 11.8 Å². The Morgan fingerprint density at radius 3 is 0.642 bits per heavy atom. The first kappa shape index (κ1) is 104. The number of carbonyl (C=O) groups excluding carboxylic acids is 4. The summed E-state index contributed by atoms with van der Waals surface area (Å²) in [4.78, 5) is 73.2. The highest BCUT2D eigenvalue weighted by Gasteiger charge is 2.30. The number of phosphoric acid groups is 2. The smallest absolute Gasteiger partial charge is 0.462 e. The van der Waals surface area contributed by atoms with Crippen LogP contribution in [-0.4, -0.2) is 96.7 Å². The minimum Gasteiger partial charge on any atom is -0.462 e. The largest absolute Gasteiger partial charge is 0.472 e. The van der Waals surface area contributed by atoms with Crippen LogP contribution in [0.3, 0.4) is 0 Å². The molecule has 0 fully saturated rings. The van der Waals surface area contributed by atoms with Crippen molar-refractivity contribution in [3.05, 3.63) is 0 Å². The van der Waals surface area contributed by atoms with Gasteiger partial charge in [-0.1, -0.05) is 414 Å². The number of aliphatic hydroxyl groups excluding tert-OH is 1. The van der Waals surface area contributed by atoms with Crippen molar-refractivity contribution in [3.63, 3.8) is 0 Å². The molecule has 2 unspecified atom stereocenters. The molecule has 0 aromatic rings. The zero-order valence-corrected chi connectivity index (χ0v) is 71.5. The van der Waals surface area contributed by atoms with Gasteiger partial charge in [0, 0.05) is 25.7 Å². The van der Waals surface area contributed by atoms with Crippen LogP contribution in [0.25, 0.3) is 0 Å². The van der Waals surface area contributed by atoms with Gasteiger partial charge in [-0.15, -0.1) is 0 Å². The van der Waals surface area contributed by atoms with Crippen molar-refractivity contribution in [2.75, 3.05) is 39.6 Å². The van der Waals surface area contributed by atoms with E-state index in [2.05, 4.69) is 41.5 Å². The second kappa shape index (κ2) is 78.3. The molecule has 106 heavy (non-hydrogen) atoms. The van der Waals surface area contributed by atoms with Crippen molar-refractivity contribution in [1.82, 2.24) is 0 Å². The Kier molecular flexibility index (Phi) is 76.9. The summed E-state index contributed by atoms with van der Waals surface area (Å²) in [5.41, 5.74) is 0. The normalized spacial score (nSPS) is 13.8. The van der Waals surface area contributed by atoms with Crippen LogP contribution in [0.5, 0.6) is 0 Å². The van der Waals surface area contributed by atoms with Crippen molar-refractivity contribution in [1.29, 1.82) is 0 Å². The molecule has 0 spiro atoms. The fourth-order valence-electron chi connectivity index (χ4n) is 13.6. The zero-order chi connectivity index (χ0) is 77.8. The number of unbranched alkanes of at least 4 members (excludes halogenated alkanes) is 56. The highest BCUT2D eigenvalue weighted by atomic mass is 31.2. The molecule has 3 N–H and O–H groups in total. The number of hydrogen-bond donors (Lipinski definition) is 3. The lowest BCUT2D eigenvalue weighted by Crippen LogP contribution is -2.30. The molecule has 19 heteroatoms. The number of phosphoric ester groups is 2. The van der Waals surface area contributed by atoms with E-state index in [-0.39, 0.29) is 25.7 Å². The second-order valence-electron chi connectivity index (χ2n) is 32.2. The van der Waals surface area contributed by atoms with Gasteiger partial charge in [-0.25, -0.2) is 9.13 Å². The van der Waals surface area contributed by atoms with Gasteiger partial charge < -0.3 is 33.8 Å². The number of aliphatic hydroxyl groups is 1. The molecule has 0 saturated carbocycles. The van der Waals surface area contributed by atoms with Crippen LogP contribution in [0.4, 0.5) is 0 Å². The van der Waals surface area contributed by atoms with Crippen molar-refractivity contribution < 1.29 is 80.2 Å². The Labute approximate surface area is 651 Å². The maximum absolute atomic E-state index is 13.2. The molecule has 0 radical (unpaired) electrons. The third-order valence-corrected chi connectivity index (χ3v) is 22.4. The third-order valence-electron chi connectivity index (χ3n) is 20.5. The minimum atomic E-state index is -4.97. The van der Waals surface area contributed by atoms with E-state index in [0.29, 0.717) is 25.7 Å². The fourth-order valence-corrected chi connectivity index (χ4v) is 15.2. The molecule has 0 aliphatic rings. The van der Waals surface area contributed by atoms with Crippen molar-refractivity contribution in [2.45, 2.75) is 484 Å². The first-order valence-corrected chi connectivity index (χ1v) is 48.0. The van der Waals surface area contributed by atoms with E-state index >= 15 is 0 Å². The minimum absolute atomic E-state index is 0.108. The molecular weight excluding hydrogens is 1380 g/mol. The summed E-state index contributed by atoms with van der Waals surface area (Å²) in [5, 5.41) is 10.7. The average molecular weight is 1550 g/mol. The molecule has 0 aliphatic heterocycles. The van der Waals surface area contributed by atoms with Crippen molar-refractivity contribution in [2.24, 2.45) is 11.8 Å². The first-order chi connectivity index (χ1) is 51.4. The van der Waals surface area contributed by atoms with Gasteiger partial charge in [0.2, 0.25) is 0 Å². The van der Waals surface area contributed by atoms with Gasteiger partial charge >= 0.3 is 39.5 Å². The van der Waals surface area contributed by atoms with Crippen LogP contribution in [-0.2, 0) is 65.4 Å². The Morgan fingerprint density at radius 2 is 0.434 bits per heavy atom. The van der Waals surface area contributed by atoms with Crippen LogP contribution in [0.1, 0.15) is 465 Å². The summed E-state index contributed by atoms with van der Waals surface area (Å²) in [7, 11) is -9.93. The summed E-state index contributed by atoms with van der Waals surface area (Å²) < 4.78 is 68.9. The summed E-state index contributed by atoms with van der Waals surface area (Å²) >= 11 is 0. The number of ether oxygens (including phenoxy) is 4. The molecule has 0 bridgehead atoms. The molecule has 0 rings (SSSR count). The van der Waals surface area contributed by atoms with Gasteiger partial charge in [0.25, 0.3) is 0 Å². The fraction of sp³-hybridized carbons (Fsp3) is 0.954. The van der Waals surface area contributed by atoms with Gasteiger partial charge in [-0.05, 0) is 37.5 Å². The Morgan fingerprint density at radius 1 is 0.255 bits per heavy atom. The lowest BCUT2D eigenvalue weighted by Gasteiger charge is -2.21. The molecule has 0 aromatic heterocycles. The summed E-state index contributed by atoms with van der Waals surface area (Å²) in [6.45, 7) is 9.68. The first-order valence-electron chi connectivity index (χ1n) is 45.0. The second-order valence-corrected chi connectivity index (χ2v) is 35.1. The van der Waals surface area contributed by atoms with E-state index in [9.17, 15) is 43.2 Å². The van der Waals surface area contributed by atoms with E-state index in [4.69, 9.17) is 37.0 Å². The number of esters is 4. The summed E-state index contributed by atoms with van der Waals surface area (Å²) in [6, 6.07) is 0. The van der Waals surface area contributed by atoms with Gasteiger partial charge in [-0.2, -0.15) is 0 Å². The monoisotopic (exact) mass is 1550 g/mol. The molecule has 17 nitrogen and oxygen atoms in total. The lowest BCUT2D eigenvalue weighted by atomic mass is 10.0. The molecular formula is C87H170O17P2. The third kappa shape index (κ3) is 80.1. The van der Waals surface area contributed by atoms with Crippen LogP contribution in [0.15, 0.2) is 0 Å². The maximum atomic E-state index is 13.2. The van der Waals surface area contributed by atoms with Gasteiger partial charge in [0.1, 0.15) is 19.3 Å². The topological polar surface area (TPSA) is 237 Å². The molecule has 0 amide bonds. The Hall–Kier alpha value is -1.94. The molecule has 5 atom stereocenters. The number of hydrogen-bond acceptors (Lipinski definition) is 15. The summed E-state index contributed by atoms with van der Waals surface area (Å²) in [6.07, 6.45) is 70.9. The van der Waals surface area contributed by atoms with E-state index < -0.39 is 97.5 Å². The highest BCUT2D eigenvalue weighted by Crippen LogP contribution is 2.45. The lowest BCUT2D eigenvalue weighted by molar-refractivity contribution is -0.161. The van der Waals surface area contributed by atoms with Crippen LogP contribution < -0.4 is 0 Å². The van der Waals surface area contributed by atoms with Crippen LogP contribution >= 0.6 is 15.6 Å². The van der Waals surface area contributed by atoms with Crippen molar-refractivity contribution in [3.8, 4) is 0 Å². The van der Waals surface area contributed by atoms with Gasteiger partial charge in [-0.3, -0.25) is 37.3 Å². The maximum Gasteiger partial charge on any atom is 0.472 e. The number of rotatable bonds is 86. The van der Waals surface area contributed by atoms with E-state index in [1.54, 1.807) is 0 Å². The highest BCUT2D eigenvalue weighted by molar-refractivity contribution is 7.47. The van der Waals surface area contributed by atoms with Gasteiger partial charge in [0.05, 0.1) is 26.4 Å². The standard InChI is InChI=1S/C87H170O17P2/c1-7-9-11-13-15-17-19-21-23-24-25-26-30-33-37-40-44-51-57-63-69-84(89)97-75-82(103-87(92)72-66-60-54-46-42-38-34-31-28-27-29-32-35-39-43-49-55-61-67-79(3)4)77-101-105(93,94)99-73-81(88)74-100-106(95,96)102-78-83(76-98-85(90)70-64-58-52-48-47-50-56-62-68-80(5)6)104-86(91)71-65-59-53-45-41-36-22-20-18-16-14-12-10-8-2/h79-83,88H,7-78H2,1-6H3,(H,93,94)(H,95,96)/t81-,82-,83-/m1/s1. The average Bonchev–Trinajstić information content (AvgIpc) is 0.905. The molecule has 0 aromatic carbocycles. The number of carbonyl (C=O) groups is 4. The van der Waals surface area contributed by atoms with E-state index in [1.165, 1.54) is 283 Å². The van der Waals surface area contributed by atoms with E-state index in [1.807, 2.05) is 0 Å². The van der Waals surface area contributed by atoms with Gasteiger partial charge in [0.15, 0.2) is 12.2 Å². The SMILES string of the molecule is CCCCCCCCCCCCCCCCCCCCCCC(=O)OC[C@H](COP(=O)(O)OC[C@@H](O)COP(=O)(O)OC[C@@H](COC(=O)CCCCCCCCCCC(C)C)OC(=O)CCCCCCCCCCCCCCCC)OC(=O)CCCCCCCCCCCCCCCCCCCCC(C)C. The van der Waals surface area contributed by atoms with E-state index in [0.717, 1.165) is 102 Å². The summed E-state index contributed by atoms with van der Waals surface area (Å²) in [5.74, 6) is -0.554. The molecule has 0 heterocycles. The predicted molar refractivity (Wildman–Crippen MR) is 437 cm³/mol. The van der Waals surface area contributed by atoms with Crippen LogP contribution in [0.2, 0.25) is 0 Å².